The minimum atomic E-state index is -0.327. The molecule has 0 amide bonds. The Morgan fingerprint density at radius 3 is 2.55 bits per heavy atom. The Bertz CT molecular complexity index is 432. The zero-order chi connectivity index (χ0) is 15.1. The molecule has 0 saturated carbocycles. The predicted molar refractivity (Wildman–Crippen MR) is 82.9 cm³/mol. The van der Waals surface area contributed by atoms with Gasteiger partial charge in [0, 0.05) is 18.2 Å². The summed E-state index contributed by atoms with van der Waals surface area (Å²) in [6.45, 7) is 9.81. The summed E-state index contributed by atoms with van der Waals surface area (Å²) < 4.78 is 0. The zero-order valence-corrected chi connectivity index (χ0v) is 12.9. The summed E-state index contributed by atoms with van der Waals surface area (Å²) in [5, 5.41) is 14.4. The first-order valence-corrected chi connectivity index (χ1v) is 7.42. The molecular weight excluding hydrogens is 252 g/mol. The van der Waals surface area contributed by atoms with Gasteiger partial charge in [0.1, 0.15) is 0 Å². The van der Waals surface area contributed by atoms with E-state index in [-0.39, 0.29) is 10.6 Å². The van der Waals surface area contributed by atoms with Crippen LogP contribution in [0, 0.1) is 22.0 Å². The fraction of sp³-hybridized carbons (Fsp3) is 0.625. The molecule has 0 radical (unpaired) electrons. The molecule has 0 spiro atoms. The second kappa shape index (κ2) is 8.00. The van der Waals surface area contributed by atoms with Crippen LogP contribution >= 0.6 is 0 Å². The van der Waals surface area contributed by atoms with Crippen LogP contribution in [0.3, 0.4) is 0 Å². The van der Waals surface area contributed by atoms with Gasteiger partial charge in [-0.05, 0) is 43.7 Å². The molecule has 0 fully saturated rings. The van der Waals surface area contributed by atoms with E-state index in [1.807, 2.05) is 6.07 Å². The molecule has 0 aliphatic rings. The molecule has 0 heterocycles. The van der Waals surface area contributed by atoms with E-state index in [0.717, 1.165) is 24.9 Å². The van der Waals surface area contributed by atoms with Crippen molar-refractivity contribution in [1.82, 2.24) is 5.32 Å². The predicted octanol–water partition coefficient (Wildman–Crippen LogP) is 3.80. The molecule has 4 heteroatoms. The van der Waals surface area contributed by atoms with Crippen LogP contribution in [0.1, 0.15) is 39.7 Å². The van der Waals surface area contributed by atoms with Crippen molar-refractivity contribution < 1.29 is 4.92 Å². The number of hydrogen-bond acceptors (Lipinski definition) is 3. The summed E-state index contributed by atoms with van der Waals surface area (Å²) in [6.07, 6.45) is 1.99. The number of nitro benzene ring substituents is 1. The van der Waals surface area contributed by atoms with Crippen LogP contribution in [-0.4, -0.2) is 17.5 Å². The molecule has 20 heavy (non-hydrogen) atoms. The smallest absolute Gasteiger partial charge is 0.269 e. The SMILES string of the molecule is CCCNC(C)C(Cc1cccc([N+](=O)[O-])c1)C(C)C. The highest BCUT2D eigenvalue weighted by Crippen LogP contribution is 2.23. The van der Waals surface area contributed by atoms with E-state index in [0.29, 0.717) is 17.9 Å². The van der Waals surface area contributed by atoms with Crippen molar-refractivity contribution in [2.45, 2.75) is 46.6 Å². The minimum absolute atomic E-state index is 0.180. The molecule has 0 saturated heterocycles. The quantitative estimate of drug-likeness (QED) is 0.581. The normalized spacial score (nSPS) is 14.2. The first kappa shape index (κ1) is 16.6. The molecule has 1 rings (SSSR count). The van der Waals surface area contributed by atoms with Crippen molar-refractivity contribution in [3.8, 4) is 0 Å². The highest BCUT2D eigenvalue weighted by atomic mass is 16.6. The average molecular weight is 278 g/mol. The van der Waals surface area contributed by atoms with E-state index in [1.54, 1.807) is 18.2 Å². The van der Waals surface area contributed by atoms with Gasteiger partial charge in [0.25, 0.3) is 5.69 Å². The van der Waals surface area contributed by atoms with Gasteiger partial charge in [0.2, 0.25) is 0 Å². The van der Waals surface area contributed by atoms with Gasteiger partial charge < -0.3 is 5.32 Å². The van der Waals surface area contributed by atoms with Crippen molar-refractivity contribution in [2.75, 3.05) is 6.54 Å². The van der Waals surface area contributed by atoms with Crippen molar-refractivity contribution in [1.29, 1.82) is 0 Å². The van der Waals surface area contributed by atoms with Crippen LogP contribution < -0.4 is 5.32 Å². The fourth-order valence-electron chi connectivity index (χ4n) is 2.58. The summed E-state index contributed by atoms with van der Waals surface area (Å²) >= 11 is 0. The summed E-state index contributed by atoms with van der Waals surface area (Å²) in [7, 11) is 0. The number of nitrogens with zero attached hydrogens (tertiary/aromatic N) is 1. The first-order chi connectivity index (χ1) is 9.45. The molecule has 2 unspecified atom stereocenters. The van der Waals surface area contributed by atoms with Crippen molar-refractivity contribution in [2.24, 2.45) is 11.8 Å². The number of hydrogen-bond donors (Lipinski definition) is 1. The number of non-ortho nitro benzene ring substituents is 1. The zero-order valence-electron chi connectivity index (χ0n) is 12.9. The Hall–Kier alpha value is -1.42. The van der Waals surface area contributed by atoms with Gasteiger partial charge in [0.15, 0.2) is 0 Å². The molecule has 0 aliphatic carbocycles. The van der Waals surface area contributed by atoms with Gasteiger partial charge in [-0.15, -0.1) is 0 Å². The van der Waals surface area contributed by atoms with Crippen molar-refractivity contribution >= 4 is 5.69 Å². The van der Waals surface area contributed by atoms with E-state index in [4.69, 9.17) is 0 Å². The maximum Gasteiger partial charge on any atom is 0.269 e. The van der Waals surface area contributed by atoms with E-state index in [1.165, 1.54) is 0 Å². The Balaban J connectivity index is 2.79. The van der Waals surface area contributed by atoms with E-state index in [2.05, 4.69) is 33.0 Å². The second-order valence-electron chi connectivity index (χ2n) is 5.78. The van der Waals surface area contributed by atoms with Crippen LogP contribution in [0.2, 0.25) is 0 Å². The Kier molecular flexibility index (Phi) is 6.65. The molecule has 112 valence electrons. The lowest BCUT2D eigenvalue weighted by atomic mass is 9.84. The summed E-state index contributed by atoms with van der Waals surface area (Å²) in [4.78, 5) is 10.5. The largest absolute Gasteiger partial charge is 0.314 e. The number of benzene rings is 1. The van der Waals surface area contributed by atoms with Crippen molar-refractivity contribution in [3.63, 3.8) is 0 Å². The fourth-order valence-corrected chi connectivity index (χ4v) is 2.58. The molecule has 1 aromatic rings. The lowest BCUT2D eigenvalue weighted by molar-refractivity contribution is -0.384. The monoisotopic (exact) mass is 278 g/mol. The van der Waals surface area contributed by atoms with Crippen LogP contribution in [0.25, 0.3) is 0 Å². The standard InChI is InChI=1S/C16H26N2O2/c1-5-9-17-13(4)16(12(2)3)11-14-7-6-8-15(10-14)18(19)20/h6-8,10,12-13,16-17H,5,9,11H2,1-4H3. The number of nitrogens with one attached hydrogen (secondary N) is 1. The van der Waals surface area contributed by atoms with E-state index < -0.39 is 0 Å². The molecule has 0 aliphatic heterocycles. The van der Waals surface area contributed by atoms with E-state index >= 15 is 0 Å². The molecule has 0 aromatic heterocycles. The van der Waals surface area contributed by atoms with Gasteiger partial charge in [-0.3, -0.25) is 10.1 Å². The van der Waals surface area contributed by atoms with Crippen LogP contribution in [0.15, 0.2) is 24.3 Å². The first-order valence-electron chi connectivity index (χ1n) is 7.42. The maximum absolute atomic E-state index is 10.8. The lowest BCUT2D eigenvalue weighted by Gasteiger charge is -2.28. The molecular formula is C16H26N2O2. The topological polar surface area (TPSA) is 55.2 Å². The second-order valence-corrected chi connectivity index (χ2v) is 5.78. The summed E-state index contributed by atoms with van der Waals surface area (Å²) in [6, 6.07) is 7.41. The highest BCUT2D eigenvalue weighted by molar-refractivity contribution is 5.34. The summed E-state index contributed by atoms with van der Waals surface area (Å²) in [5.41, 5.74) is 1.22. The van der Waals surface area contributed by atoms with Gasteiger partial charge in [0.05, 0.1) is 4.92 Å². The van der Waals surface area contributed by atoms with Gasteiger partial charge in [-0.25, -0.2) is 0 Å². The summed E-state index contributed by atoms with van der Waals surface area (Å²) in [5.74, 6) is 1.01. The average Bonchev–Trinajstić information content (AvgIpc) is 2.42. The van der Waals surface area contributed by atoms with Gasteiger partial charge in [-0.1, -0.05) is 32.9 Å². The third-order valence-electron chi connectivity index (χ3n) is 3.81. The molecule has 2 atom stereocenters. The molecule has 0 bridgehead atoms. The Morgan fingerprint density at radius 2 is 2.00 bits per heavy atom. The van der Waals surface area contributed by atoms with Gasteiger partial charge in [-0.2, -0.15) is 0 Å². The lowest BCUT2D eigenvalue weighted by Crippen LogP contribution is -2.37. The third kappa shape index (κ3) is 4.93. The maximum atomic E-state index is 10.8. The molecule has 1 aromatic carbocycles. The number of nitro groups is 1. The Labute approximate surface area is 121 Å². The highest BCUT2D eigenvalue weighted by Gasteiger charge is 2.21. The van der Waals surface area contributed by atoms with Crippen molar-refractivity contribution in [3.05, 3.63) is 39.9 Å². The van der Waals surface area contributed by atoms with Crippen LogP contribution in [0.5, 0.6) is 0 Å². The number of rotatable bonds is 8. The van der Waals surface area contributed by atoms with Gasteiger partial charge >= 0.3 is 0 Å². The van der Waals surface area contributed by atoms with Crippen LogP contribution in [-0.2, 0) is 6.42 Å². The minimum Gasteiger partial charge on any atom is -0.314 e. The molecule has 1 N–H and O–H groups in total. The third-order valence-corrected chi connectivity index (χ3v) is 3.81. The van der Waals surface area contributed by atoms with Crippen LogP contribution in [0.4, 0.5) is 5.69 Å². The Morgan fingerprint density at radius 1 is 1.30 bits per heavy atom. The molecule has 4 nitrogen and oxygen atoms in total. The van der Waals surface area contributed by atoms with E-state index in [9.17, 15) is 10.1 Å².